The molecule has 0 radical (unpaired) electrons. The molecule has 1 amide bonds. The van der Waals surface area contributed by atoms with Gasteiger partial charge in [0.25, 0.3) is 0 Å². The van der Waals surface area contributed by atoms with Gasteiger partial charge in [-0.1, -0.05) is 12.1 Å². The molecule has 1 unspecified atom stereocenters. The molecule has 5 rings (SSSR count). The SMILES string of the molecule is COc1nc(C)c([N+](=O)[O-])c(N(Cc2ccc(C3CN4CCC3CC4)cc2F)C(=O)OC(C)(C)C)n1. The summed E-state index contributed by atoms with van der Waals surface area (Å²) in [7, 11) is 1.31. The topological polar surface area (TPSA) is 111 Å². The van der Waals surface area contributed by atoms with E-state index in [1.807, 2.05) is 6.07 Å². The van der Waals surface area contributed by atoms with Crippen molar-refractivity contribution in [2.24, 2.45) is 5.92 Å². The predicted molar refractivity (Wildman–Crippen MR) is 131 cm³/mol. The van der Waals surface area contributed by atoms with Gasteiger partial charge in [0.1, 0.15) is 17.1 Å². The zero-order valence-corrected chi connectivity index (χ0v) is 21.3. The number of hydrogen-bond acceptors (Lipinski definition) is 8. The van der Waals surface area contributed by atoms with Crippen LogP contribution in [0.15, 0.2) is 18.2 Å². The number of carbonyl (C=O) groups is 1. The van der Waals surface area contributed by atoms with Gasteiger partial charge in [-0.25, -0.2) is 9.18 Å². The van der Waals surface area contributed by atoms with Gasteiger partial charge in [0, 0.05) is 12.1 Å². The summed E-state index contributed by atoms with van der Waals surface area (Å²) in [4.78, 5) is 35.9. The van der Waals surface area contributed by atoms with Crippen molar-refractivity contribution in [3.8, 4) is 6.01 Å². The number of hydrogen-bond donors (Lipinski definition) is 0. The van der Waals surface area contributed by atoms with Crippen LogP contribution in [0.2, 0.25) is 0 Å². The van der Waals surface area contributed by atoms with Crippen LogP contribution >= 0.6 is 0 Å². The van der Waals surface area contributed by atoms with Crippen LogP contribution in [-0.4, -0.2) is 58.2 Å². The van der Waals surface area contributed by atoms with Crippen molar-refractivity contribution in [2.75, 3.05) is 31.6 Å². The first-order valence-electron chi connectivity index (χ1n) is 12.0. The van der Waals surface area contributed by atoms with Crippen molar-refractivity contribution in [3.63, 3.8) is 0 Å². The van der Waals surface area contributed by atoms with Crippen molar-refractivity contribution in [1.29, 1.82) is 0 Å². The van der Waals surface area contributed by atoms with E-state index in [9.17, 15) is 14.9 Å². The Morgan fingerprint density at radius 3 is 2.50 bits per heavy atom. The molecule has 0 N–H and O–H groups in total. The molecule has 3 aliphatic heterocycles. The first-order valence-corrected chi connectivity index (χ1v) is 12.0. The van der Waals surface area contributed by atoms with E-state index in [2.05, 4.69) is 14.9 Å². The maximum Gasteiger partial charge on any atom is 0.416 e. The molecule has 1 aromatic heterocycles. The number of carbonyl (C=O) groups excluding carboxylic acids is 1. The number of aryl methyl sites for hydroxylation is 1. The number of methoxy groups -OCH3 is 1. The van der Waals surface area contributed by atoms with E-state index in [4.69, 9.17) is 9.47 Å². The molecule has 3 fully saturated rings. The number of fused-ring (bicyclic) bond motifs is 3. The van der Waals surface area contributed by atoms with Crippen LogP contribution in [0.5, 0.6) is 6.01 Å². The highest BCUT2D eigenvalue weighted by atomic mass is 19.1. The number of aromatic nitrogens is 2. The summed E-state index contributed by atoms with van der Waals surface area (Å²) in [6.45, 7) is 9.22. The maximum absolute atomic E-state index is 15.4. The van der Waals surface area contributed by atoms with Crippen molar-refractivity contribution in [1.82, 2.24) is 14.9 Å². The number of nitrogens with zero attached hydrogens (tertiary/aromatic N) is 5. The van der Waals surface area contributed by atoms with Crippen LogP contribution in [0.1, 0.15) is 56.4 Å². The lowest BCUT2D eigenvalue weighted by atomic mass is 9.75. The Kier molecular flexibility index (Phi) is 7.12. The molecule has 0 spiro atoms. The van der Waals surface area contributed by atoms with Gasteiger partial charge < -0.3 is 14.4 Å². The number of amides is 1. The van der Waals surface area contributed by atoms with Gasteiger partial charge in [0.15, 0.2) is 0 Å². The smallest absolute Gasteiger partial charge is 0.416 e. The van der Waals surface area contributed by atoms with Crippen LogP contribution in [0.4, 0.5) is 20.7 Å². The average Bonchev–Trinajstić information content (AvgIpc) is 2.82. The standard InChI is InChI=1S/C25H32FN5O5/c1-15-21(31(33)34)22(28-23(27-15)35-5)30(24(32)36-25(2,3)4)13-18-7-6-17(12-20(18)26)19-14-29-10-8-16(19)9-11-29/h6-7,12,16,19H,8-11,13-14H2,1-5H3. The Balaban J connectivity index is 1.71. The molecule has 1 aromatic carbocycles. The second-order valence-electron chi connectivity index (χ2n) is 10.4. The highest BCUT2D eigenvalue weighted by Gasteiger charge is 2.36. The van der Waals surface area contributed by atoms with Gasteiger partial charge in [0.2, 0.25) is 5.82 Å². The van der Waals surface area contributed by atoms with Gasteiger partial charge in [-0.15, -0.1) is 0 Å². The normalized spacial score (nSPS) is 21.2. The Morgan fingerprint density at radius 1 is 1.28 bits per heavy atom. The summed E-state index contributed by atoms with van der Waals surface area (Å²) in [5.74, 6) is 0.00265. The van der Waals surface area contributed by atoms with Crippen molar-refractivity contribution in [2.45, 2.75) is 58.6 Å². The summed E-state index contributed by atoms with van der Waals surface area (Å²) >= 11 is 0. The molecule has 2 aromatic rings. The minimum Gasteiger partial charge on any atom is -0.467 e. The summed E-state index contributed by atoms with van der Waals surface area (Å²) in [6, 6.07) is 4.89. The molecule has 0 aliphatic carbocycles. The Morgan fingerprint density at radius 2 is 1.97 bits per heavy atom. The molecule has 0 saturated carbocycles. The fraction of sp³-hybridized carbons (Fsp3) is 0.560. The maximum atomic E-state index is 15.4. The third kappa shape index (κ3) is 5.40. The van der Waals surface area contributed by atoms with Crippen molar-refractivity contribution >= 4 is 17.6 Å². The van der Waals surface area contributed by atoms with E-state index >= 15 is 4.39 Å². The highest BCUT2D eigenvalue weighted by Crippen LogP contribution is 2.39. The Labute approximate surface area is 209 Å². The number of nitro groups is 1. The fourth-order valence-corrected chi connectivity index (χ4v) is 5.00. The first kappa shape index (κ1) is 25.7. The lowest BCUT2D eigenvalue weighted by Gasteiger charge is -2.45. The molecule has 1 atom stereocenters. The lowest BCUT2D eigenvalue weighted by molar-refractivity contribution is -0.385. The van der Waals surface area contributed by atoms with E-state index < -0.39 is 28.1 Å². The molecule has 4 heterocycles. The number of halogens is 1. The van der Waals surface area contributed by atoms with Gasteiger partial charge in [-0.2, -0.15) is 9.97 Å². The quantitative estimate of drug-likeness (QED) is 0.417. The van der Waals surface area contributed by atoms with Crippen LogP contribution in [-0.2, 0) is 11.3 Å². The summed E-state index contributed by atoms with van der Waals surface area (Å²) < 4.78 is 26.0. The molecule has 11 heteroatoms. The molecular formula is C25H32FN5O5. The van der Waals surface area contributed by atoms with Crippen LogP contribution in [0, 0.1) is 28.8 Å². The largest absolute Gasteiger partial charge is 0.467 e. The summed E-state index contributed by atoms with van der Waals surface area (Å²) in [5.41, 5.74) is -0.246. The molecule has 10 nitrogen and oxygen atoms in total. The number of ether oxygens (including phenoxy) is 2. The number of piperidine rings is 3. The second kappa shape index (κ2) is 9.96. The van der Waals surface area contributed by atoms with Crippen LogP contribution in [0.3, 0.4) is 0 Å². The number of anilines is 1. The predicted octanol–water partition coefficient (Wildman–Crippen LogP) is 4.59. The third-order valence-electron chi connectivity index (χ3n) is 6.74. The Bertz CT molecular complexity index is 1160. The van der Waals surface area contributed by atoms with Crippen LogP contribution in [0.25, 0.3) is 0 Å². The van der Waals surface area contributed by atoms with E-state index in [0.29, 0.717) is 5.92 Å². The first-order chi connectivity index (χ1) is 17.0. The van der Waals surface area contributed by atoms with E-state index in [1.54, 1.807) is 26.8 Å². The average molecular weight is 502 g/mol. The summed E-state index contributed by atoms with van der Waals surface area (Å²) in [5, 5.41) is 11.9. The monoisotopic (exact) mass is 501 g/mol. The fourth-order valence-electron chi connectivity index (χ4n) is 5.00. The highest BCUT2D eigenvalue weighted by molar-refractivity contribution is 5.89. The van der Waals surface area contributed by atoms with Gasteiger partial charge in [-0.05, 0) is 77.1 Å². The van der Waals surface area contributed by atoms with E-state index in [1.165, 1.54) is 20.1 Å². The Hall–Kier alpha value is -3.34. The molecule has 3 aliphatic rings. The zero-order chi connectivity index (χ0) is 26.2. The van der Waals surface area contributed by atoms with Gasteiger partial charge in [-0.3, -0.25) is 15.0 Å². The second-order valence-corrected chi connectivity index (χ2v) is 10.4. The van der Waals surface area contributed by atoms with E-state index in [-0.39, 0.29) is 35.5 Å². The van der Waals surface area contributed by atoms with Crippen molar-refractivity contribution in [3.05, 3.63) is 51.0 Å². The lowest BCUT2D eigenvalue weighted by Crippen LogP contribution is -2.46. The minimum atomic E-state index is -0.897. The minimum absolute atomic E-state index is 0.00794. The van der Waals surface area contributed by atoms with Gasteiger partial charge >= 0.3 is 17.8 Å². The molecule has 194 valence electrons. The molecule has 2 bridgehead atoms. The molecule has 36 heavy (non-hydrogen) atoms. The third-order valence-corrected chi connectivity index (χ3v) is 6.74. The number of benzene rings is 1. The summed E-state index contributed by atoms with van der Waals surface area (Å²) in [6.07, 6.45) is 1.32. The van der Waals surface area contributed by atoms with E-state index in [0.717, 1.165) is 42.9 Å². The molecular weight excluding hydrogens is 469 g/mol. The van der Waals surface area contributed by atoms with Crippen molar-refractivity contribution < 1.29 is 23.6 Å². The van der Waals surface area contributed by atoms with Crippen LogP contribution < -0.4 is 9.64 Å². The van der Waals surface area contributed by atoms with Gasteiger partial charge in [0.05, 0.1) is 18.6 Å². The number of rotatable bonds is 6. The zero-order valence-electron chi connectivity index (χ0n) is 21.3. The molecule has 3 saturated heterocycles.